The molecule has 8 nitrogen and oxygen atoms in total. The van der Waals surface area contributed by atoms with Crippen LogP contribution in [-0.2, 0) is 14.3 Å². The zero-order chi connectivity index (χ0) is 24.4. The summed E-state index contributed by atoms with van der Waals surface area (Å²) < 4.78 is 5.65. The summed E-state index contributed by atoms with van der Waals surface area (Å²) in [5, 5.41) is 3.03. The number of rotatable bonds is 7. The minimum Gasteiger partial charge on any atom is -0.368 e. The molecule has 3 aliphatic heterocycles. The van der Waals surface area contributed by atoms with Crippen molar-refractivity contribution in [2.75, 3.05) is 50.8 Å². The summed E-state index contributed by atoms with van der Waals surface area (Å²) in [5.74, 6) is -0.176. The van der Waals surface area contributed by atoms with E-state index >= 15 is 0 Å². The molecule has 1 aromatic rings. The van der Waals surface area contributed by atoms with Crippen molar-refractivity contribution in [1.29, 1.82) is 0 Å². The molecule has 8 heteroatoms. The number of ketones is 1. The number of nitrogens with one attached hydrogen (secondary N) is 1. The van der Waals surface area contributed by atoms with Gasteiger partial charge in [0, 0.05) is 44.3 Å². The van der Waals surface area contributed by atoms with E-state index in [4.69, 9.17) is 4.74 Å². The summed E-state index contributed by atoms with van der Waals surface area (Å²) in [4.78, 5) is 45.9. The van der Waals surface area contributed by atoms with E-state index in [-0.39, 0.29) is 42.1 Å². The van der Waals surface area contributed by atoms with Gasteiger partial charge in [-0.05, 0) is 31.0 Å². The molecular formula is C26H38N4O4. The van der Waals surface area contributed by atoms with Crippen molar-refractivity contribution in [3.63, 3.8) is 0 Å². The summed E-state index contributed by atoms with van der Waals surface area (Å²) in [7, 11) is 0. The van der Waals surface area contributed by atoms with Crippen molar-refractivity contribution in [1.82, 2.24) is 15.1 Å². The maximum atomic E-state index is 13.6. The molecule has 3 aliphatic rings. The van der Waals surface area contributed by atoms with Crippen LogP contribution in [0.5, 0.6) is 0 Å². The lowest BCUT2D eigenvalue weighted by atomic mass is 10.0. The molecule has 186 valence electrons. The Morgan fingerprint density at radius 3 is 2.53 bits per heavy atom. The second kappa shape index (κ2) is 10.4. The van der Waals surface area contributed by atoms with Gasteiger partial charge in [0.25, 0.3) is 5.91 Å². The lowest BCUT2D eigenvalue weighted by Crippen LogP contribution is -2.53. The zero-order valence-corrected chi connectivity index (χ0v) is 20.8. The maximum Gasteiger partial charge on any atom is 0.254 e. The quantitative estimate of drug-likeness (QED) is 0.654. The predicted molar refractivity (Wildman–Crippen MR) is 131 cm³/mol. The molecule has 0 aliphatic carbocycles. The Morgan fingerprint density at radius 1 is 1.15 bits per heavy atom. The first-order valence-electron chi connectivity index (χ1n) is 12.6. The number of piperazine rings is 1. The molecule has 0 radical (unpaired) electrons. The minimum absolute atomic E-state index is 0.0473. The SMILES string of the molecule is CCN1CCN(c2ccccc2C(=O)N[C@@H](CC(C)C)C(=O)N2C[C@H](C)[C@H]3OCC(=O)[C@H]32)CC1. The maximum absolute atomic E-state index is 13.6. The summed E-state index contributed by atoms with van der Waals surface area (Å²) in [6.07, 6.45) is 0.272. The molecule has 34 heavy (non-hydrogen) atoms. The average Bonchev–Trinajstić information content (AvgIpc) is 3.38. The number of likely N-dealkylation sites (tertiary alicyclic amines) is 1. The van der Waals surface area contributed by atoms with E-state index in [1.807, 2.05) is 45.0 Å². The van der Waals surface area contributed by atoms with Crippen LogP contribution < -0.4 is 10.2 Å². The Morgan fingerprint density at radius 2 is 1.85 bits per heavy atom. The smallest absolute Gasteiger partial charge is 0.254 e. The number of carbonyl (C=O) groups excluding carboxylic acids is 3. The first kappa shape index (κ1) is 24.7. The number of benzene rings is 1. The van der Waals surface area contributed by atoms with Crippen molar-refractivity contribution < 1.29 is 19.1 Å². The van der Waals surface area contributed by atoms with Crippen LogP contribution in [0.3, 0.4) is 0 Å². The number of hydrogen-bond donors (Lipinski definition) is 1. The molecule has 0 aromatic heterocycles. The van der Waals surface area contributed by atoms with Gasteiger partial charge in [-0.3, -0.25) is 14.4 Å². The Bertz CT molecular complexity index is 912. The van der Waals surface area contributed by atoms with Crippen molar-refractivity contribution in [3.05, 3.63) is 29.8 Å². The predicted octanol–water partition coefficient (Wildman–Crippen LogP) is 1.79. The number of carbonyl (C=O) groups is 3. The van der Waals surface area contributed by atoms with Gasteiger partial charge in [-0.2, -0.15) is 0 Å². The minimum atomic E-state index is -0.683. The van der Waals surface area contributed by atoms with Crippen LogP contribution in [0.4, 0.5) is 5.69 Å². The second-order valence-electron chi connectivity index (χ2n) is 10.2. The Balaban J connectivity index is 1.52. The number of anilines is 1. The number of ether oxygens (including phenoxy) is 1. The largest absolute Gasteiger partial charge is 0.368 e. The highest BCUT2D eigenvalue weighted by molar-refractivity contribution is 6.02. The Hall–Kier alpha value is -2.45. The standard InChI is InChI=1S/C26H38N4O4/c1-5-28-10-12-29(13-11-28)21-9-7-6-8-19(21)25(32)27-20(14-17(2)3)26(33)30-15-18(4)24-23(30)22(31)16-34-24/h6-9,17-18,20,23-24H,5,10-16H2,1-4H3,(H,27,32)/t18-,20-,23+,24+/m0/s1. The highest BCUT2D eigenvalue weighted by Crippen LogP contribution is 2.32. The van der Waals surface area contributed by atoms with Crippen molar-refractivity contribution in [2.24, 2.45) is 11.8 Å². The van der Waals surface area contributed by atoms with Crippen molar-refractivity contribution in [2.45, 2.75) is 52.3 Å². The fourth-order valence-electron chi connectivity index (χ4n) is 5.49. The van der Waals surface area contributed by atoms with Gasteiger partial charge in [0.1, 0.15) is 18.7 Å². The topological polar surface area (TPSA) is 82.2 Å². The highest BCUT2D eigenvalue weighted by atomic mass is 16.5. The summed E-state index contributed by atoms with van der Waals surface area (Å²) in [5.41, 5.74) is 1.49. The second-order valence-corrected chi connectivity index (χ2v) is 10.2. The molecule has 1 aromatic carbocycles. The normalized spacial score (nSPS) is 26.1. The number of para-hydroxylation sites is 1. The third-order valence-electron chi connectivity index (χ3n) is 7.34. The van der Waals surface area contributed by atoms with E-state index in [9.17, 15) is 14.4 Å². The molecule has 0 saturated carbocycles. The fraction of sp³-hybridized carbons (Fsp3) is 0.654. The van der Waals surface area contributed by atoms with Gasteiger partial charge in [0.05, 0.1) is 11.7 Å². The van der Waals surface area contributed by atoms with Crippen molar-refractivity contribution >= 4 is 23.3 Å². The van der Waals surface area contributed by atoms with E-state index in [1.165, 1.54) is 0 Å². The Labute approximate surface area is 202 Å². The van der Waals surface area contributed by atoms with Gasteiger partial charge in [0.2, 0.25) is 5.91 Å². The van der Waals surface area contributed by atoms with E-state index in [1.54, 1.807) is 4.90 Å². The highest BCUT2D eigenvalue weighted by Gasteiger charge is 2.51. The molecule has 3 fully saturated rings. The third-order valence-corrected chi connectivity index (χ3v) is 7.34. The van der Waals surface area contributed by atoms with E-state index in [0.29, 0.717) is 18.5 Å². The van der Waals surface area contributed by atoms with Crippen LogP contribution in [0.15, 0.2) is 24.3 Å². The van der Waals surface area contributed by atoms with Gasteiger partial charge in [0.15, 0.2) is 5.78 Å². The Kier molecular flexibility index (Phi) is 7.57. The van der Waals surface area contributed by atoms with E-state index in [2.05, 4.69) is 22.0 Å². The lowest BCUT2D eigenvalue weighted by molar-refractivity contribution is -0.138. The number of hydrogen-bond acceptors (Lipinski definition) is 6. The molecule has 3 saturated heterocycles. The first-order valence-corrected chi connectivity index (χ1v) is 12.6. The number of likely N-dealkylation sites (N-methyl/N-ethyl adjacent to an activating group) is 1. The van der Waals surface area contributed by atoms with Crippen molar-refractivity contribution in [3.8, 4) is 0 Å². The molecule has 0 spiro atoms. The molecule has 3 heterocycles. The third kappa shape index (κ3) is 4.98. The summed E-state index contributed by atoms with van der Waals surface area (Å²) in [6.45, 7) is 13.5. The molecular weight excluding hydrogens is 432 g/mol. The fourth-order valence-corrected chi connectivity index (χ4v) is 5.49. The number of nitrogens with zero attached hydrogens (tertiary/aromatic N) is 3. The van der Waals surface area contributed by atoms with Crippen LogP contribution in [0.2, 0.25) is 0 Å². The number of fused-ring (bicyclic) bond motifs is 1. The number of amides is 2. The van der Waals surface area contributed by atoms with Crippen LogP contribution in [0.1, 0.15) is 44.5 Å². The summed E-state index contributed by atoms with van der Waals surface area (Å²) in [6, 6.07) is 6.41. The molecule has 1 N–H and O–H groups in total. The molecule has 2 amide bonds. The monoisotopic (exact) mass is 470 g/mol. The molecule has 0 unspecified atom stereocenters. The molecule has 4 rings (SSSR count). The van der Waals surface area contributed by atoms with Gasteiger partial charge in [-0.25, -0.2) is 0 Å². The van der Waals surface area contributed by atoms with Crippen LogP contribution in [0.25, 0.3) is 0 Å². The number of Topliss-reactive ketones (excluding diaryl/α,β-unsaturated/α-hetero) is 1. The molecule has 0 bridgehead atoms. The first-order chi connectivity index (χ1) is 16.3. The van der Waals surface area contributed by atoms with Crippen LogP contribution in [0, 0.1) is 11.8 Å². The van der Waals surface area contributed by atoms with Gasteiger partial charge >= 0.3 is 0 Å². The summed E-state index contributed by atoms with van der Waals surface area (Å²) >= 11 is 0. The van der Waals surface area contributed by atoms with E-state index in [0.717, 1.165) is 38.4 Å². The van der Waals surface area contributed by atoms with Gasteiger partial charge in [-0.1, -0.05) is 39.8 Å². The molecule has 4 atom stereocenters. The lowest BCUT2D eigenvalue weighted by Gasteiger charge is -2.36. The van der Waals surface area contributed by atoms with Gasteiger partial charge in [-0.15, -0.1) is 0 Å². The average molecular weight is 471 g/mol. The van der Waals surface area contributed by atoms with Crippen LogP contribution in [-0.4, -0.2) is 91.5 Å². The van der Waals surface area contributed by atoms with Gasteiger partial charge < -0.3 is 24.8 Å². The van der Waals surface area contributed by atoms with E-state index < -0.39 is 12.1 Å². The zero-order valence-electron chi connectivity index (χ0n) is 20.8. The van der Waals surface area contributed by atoms with Crippen LogP contribution >= 0.6 is 0 Å².